The van der Waals surface area contributed by atoms with E-state index in [1.165, 1.54) is 12.1 Å². The Kier molecular flexibility index (Phi) is 5.64. The van der Waals surface area contributed by atoms with E-state index in [9.17, 15) is 13.6 Å². The third-order valence-electron chi connectivity index (χ3n) is 6.90. The lowest BCUT2D eigenvalue weighted by Crippen LogP contribution is -2.54. The van der Waals surface area contributed by atoms with Gasteiger partial charge in [-0.15, -0.1) is 0 Å². The van der Waals surface area contributed by atoms with Gasteiger partial charge >= 0.3 is 0 Å². The van der Waals surface area contributed by atoms with Crippen LogP contribution < -0.4 is 5.73 Å². The first kappa shape index (κ1) is 20.9. The van der Waals surface area contributed by atoms with Gasteiger partial charge < -0.3 is 5.73 Å². The lowest BCUT2D eigenvalue weighted by atomic mass is 9.75. The van der Waals surface area contributed by atoms with Crippen LogP contribution in [0.5, 0.6) is 0 Å². The average Bonchev–Trinajstić information content (AvgIpc) is 3.52. The molecular weight excluding hydrogens is 384 g/mol. The van der Waals surface area contributed by atoms with Crippen molar-refractivity contribution in [2.75, 3.05) is 26.2 Å². The van der Waals surface area contributed by atoms with Gasteiger partial charge in [-0.05, 0) is 49.4 Å². The van der Waals surface area contributed by atoms with Crippen molar-refractivity contribution in [1.82, 2.24) is 9.80 Å². The minimum absolute atomic E-state index is 0.0215. The standard InChI is InChI=1S/C24H29F2N3O/c1-23(22(27)30,19-5-3-2-4-6-19)17-24(9-10-24)29-13-11-28(12-14-29)16-18-7-8-20(25)21(26)15-18/h2-8,15H,9-14,16-17H2,1H3,(H2,27,30). The number of carbonyl (C=O) groups excluding carboxylic acids is 1. The number of piperazine rings is 1. The molecule has 1 heterocycles. The molecule has 1 aliphatic heterocycles. The van der Waals surface area contributed by atoms with Gasteiger partial charge in [-0.2, -0.15) is 0 Å². The van der Waals surface area contributed by atoms with Gasteiger partial charge in [0.25, 0.3) is 0 Å². The smallest absolute Gasteiger partial charge is 0.227 e. The lowest BCUT2D eigenvalue weighted by Gasteiger charge is -2.42. The molecule has 1 aliphatic carbocycles. The molecule has 6 heteroatoms. The van der Waals surface area contributed by atoms with Crippen LogP contribution in [0.15, 0.2) is 48.5 Å². The van der Waals surface area contributed by atoms with Gasteiger partial charge in [0.1, 0.15) is 0 Å². The number of nitrogens with zero attached hydrogens (tertiary/aromatic N) is 2. The van der Waals surface area contributed by atoms with Crippen molar-refractivity contribution < 1.29 is 13.6 Å². The average molecular weight is 414 g/mol. The molecule has 0 radical (unpaired) electrons. The highest BCUT2D eigenvalue weighted by molar-refractivity contribution is 5.86. The molecule has 1 amide bonds. The molecule has 1 atom stereocenters. The molecule has 30 heavy (non-hydrogen) atoms. The zero-order valence-corrected chi connectivity index (χ0v) is 17.4. The van der Waals surface area contributed by atoms with Gasteiger partial charge in [0.2, 0.25) is 5.91 Å². The van der Waals surface area contributed by atoms with Crippen LogP contribution in [0.25, 0.3) is 0 Å². The van der Waals surface area contributed by atoms with Crippen LogP contribution in [-0.4, -0.2) is 47.4 Å². The highest BCUT2D eigenvalue weighted by atomic mass is 19.2. The summed E-state index contributed by atoms with van der Waals surface area (Å²) < 4.78 is 26.6. The fourth-order valence-corrected chi connectivity index (χ4v) is 4.82. The van der Waals surface area contributed by atoms with E-state index < -0.39 is 17.0 Å². The summed E-state index contributed by atoms with van der Waals surface area (Å²) in [5, 5.41) is 0. The number of hydrogen-bond donors (Lipinski definition) is 1. The topological polar surface area (TPSA) is 49.6 Å². The van der Waals surface area contributed by atoms with E-state index in [-0.39, 0.29) is 11.4 Å². The summed E-state index contributed by atoms with van der Waals surface area (Å²) in [6.07, 6.45) is 2.88. The van der Waals surface area contributed by atoms with E-state index in [4.69, 9.17) is 5.73 Å². The fourth-order valence-electron chi connectivity index (χ4n) is 4.82. The van der Waals surface area contributed by atoms with Gasteiger partial charge in [0.15, 0.2) is 11.6 Å². The van der Waals surface area contributed by atoms with Gasteiger partial charge in [0, 0.05) is 38.3 Å². The van der Waals surface area contributed by atoms with E-state index in [1.54, 1.807) is 6.07 Å². The first-order valence-corrected chi connectivity index (χ1v) is 10.6. The number of benzene rings is 2. The first-order valence-electron chi connectivity index (χ1n) is 10.6. The summed E-state index contributed by atoms with van der Waals surface area (Å²) >= 11 is 0. The Morgan fingerprint density at radius 3 is 2.27 bits per heavy atom. The maximum Gasteiger partial charge on any atom is 0.227 e. The fraction of sp³-hybridized carbons (Fsp3) is 0.458. The van der Waals surface area contributed by atoms with Gasteiger partial charge in [-0.3, -0.25) is 14.6 Å². The van der Waals surface area contributed by atoms with Gasteiger partial charge in [-0.1, -0.05) is 36.4 Å². The minimum atomic E-state index is -0.810. The molecule has 1 saturated carbocycles. The van der Waals surface area contributed by atoms with E-state index >= 15 is 0 Å². The normalized spacial score (nSPS) is 21.2. The van der Waals surface area contributed by atoms with E-state index in [1.807, 2.05) is 37.3 Å². The third-order valence-corrected chi connectivity index (χ3v) is 6.90. The summed E-state index contributed by atoms with van der Waals surface area (Å²) in [6, 6.07) is 13.9. The van der Waals surface area contributed by atoms with Crippen LogP contribution in [0.1, 0.15) is 37.3 Å². The molecule has 2 aromatic carbocycles. The number of rotatable bonds is 7. The number of carbonyl (C=O) groups is 1. The summed E-state index contributed by atoms with van der Waals surface area (Å²) in [5.74, 6) is -1.89. The Labute approximate surface area is 176 Å². The monoisotopic (exact) mass is 413 g/mol. The number of nitrogens with two attached hydrogens (primary N) is 1. The first-order chi connectivity index (χ1) is 14.3. The maximum atomic E-state index is 13.5. The molecule has 0 aromatic heterocycles. The highest BCUT2D eigenvalue weighted by Gasteiger charge is 2.53. The van der Waals surface area contributed by atoms with Crippen molar-refractivity contribution in [2.24, 2.45) is 5.73 Å². The van der Waals surface area contributed by atoms with E-state index in [2.05, 4.69) is 9.80 Å². The van der Waals surface area contributed by atoms with Crippen molar-refractivity contribution in [1.29, 1.82) is 0 Å². The predicted octanol–water partition coefficient (Wildman–Crippen LogP) is 3.45. The molecule has 1 unspecified atom stereocenters. The number of halogens is 2. The number of amides is 1. The second kappa shape index (κ2) is 8.08. The lowest BCUT2D eigenvalue weighted by molar-refractivity contribution is -0.124. The Hall–Kier alpha value is -2.31. The number of primary amides is 1. The Bertz CT molecular complexity index is 908. The quantitative estimate of drug-likeness (QED) is 0.757. The Morgan fingerprint density at radius 1 is 1.03 bits per heavy atom. The SMILES string of the molecule is CC(CC1(N2CCN(Cc3ccc(F)c(F)c3)CC2)CC1)(C(N)=O)c1ccccc1. The second-order valence-electron chi connectivity index (χ2n) is 8.98. The Balaban J connectivity index is 1.40. The molecule has 2 aromatic rings. The van der Waals surface area contributed by atoms with E-state index in [0.717, 1.165) is 56.6 Å². The largest absolute Gasteiger partial charge is 0.369 e. The zero-order valence-electron chi connectivity index (χ0n) is 17.4. The van der Waals surface area contributed by atoms with Crippen LogP contribution in [-0.2, 0) is 16.8 Å². The van der Waals surface area contributed by atoms with Crippen LogP contribution in [0.2, 0.25) is 0 Å². The molecule has 2 N–H and O–H groups in total. The van der Waals surface area contributed by atoms with Gasteiger partial charge in [0.05, 0.1) is 5.41 Å². The molecule has 1 saturated heterocycles. The molecule has 0 bridgehead atoms. The zero-order chi connectivity index (χ0) is 21.4. The summed E-state index contributed by atoms with van der Waals surface area (Å²) in [4.78, 5) is 17.2. The molecule has 4 rings (SSSR count). The maximum absolute atomic E-state index is 13.5. The van der Waals surface area contributed by atoms with E-state index in [0.29, 0.717) is 6.54 Å². The van der Waals surface area contributed by atoms with Crippen molar-refractivity contribution in [3.8, 4) is 0 Å². The molecule has 4 nitrogen and oxygen atoms in total. The minimum Gasteiger partial charge on any atom is -0.369 e. The molecular formula is C24H29F2N3O. The Morgan fingerprint density at radius 2 is 1.70 bits per heavy atom. The van der Waals surface area contributed by atoms with Crippen molar-refractivity contribution >= 4 is 5.91 Å². The predicted molar refractivity (Wildman–Crippen MR) is 113 cm³/mol. The van der Waals surface area contributed by atoms with Crippen LogP contribution in [0, 0.1) is 11.6 Å². The van der Waals surface area contributed by atoms with Crippen LogP contribution in [0.3, 0.4) is 0 Å². The second-order valence-corrected chi connectivity index (χ2v) is 8.98. The highest BCUT2D eigenvalue weighted by Crippen LogP contribution is 2.50. The van der Waals surface area contributed by atoms with Crippen LogP contribution in [0.4, 0.5) is 8.78 Å². The summed E-state index contributed by atoms with van der Waals surface area (Å²) in [7, 11) is 0. The summed E-state index contributed by atoms with van der Waals surface area (Å²) in [6.45, 7) is 6.09. The molecule has 2 aliphatic rings. The molecule has 0 spiro atoms. The summed E-state index contributed by atoms with van der Waals surface area (Å²) in [5.41, 5.74) is 6.96. The van der Waals surface area contributed by atoms with Crippen molar-refractivity contribution in [2.45, 2.75) is 43.7 Å². The number of hydrogen-bond acceptors (Lipinski definition) is 3. The van der Waals surface area contributed by atoms with Crippen molar-refractivity contribution in [3.63, 3.8) is 0 Å². The molecule has 160 valence electrons. The third kappa shape index (κ3) is 4.12. The van der Waals surface area contributed by atoms with Gasteiger partial charge in [-0.25, -0.2) is 8.78 Å². The van der Waals surface area contributed by atoms with Crippen LogP contribution >= 0.6 is 0 Å². The molecule has 2 fully saturated rings. The van der Waals surface area contributed by atoms with Crippen molar-refractivity contribution in [3.05, 3.63) is 71.3 Å².